The van der Waals surface area contributed by atoms with E-state index in [9.17, 15) is 14.4 Å². The third kappa shape index (κ3) is 53.8. The number of carbonyl (C=O) groups excluding carboxylic acids is 3. The molecule has 0 bridgehead atoms. The summed E-state index contributed by atoms with van der Waals surface area (Å²) in [6.45, 7) is 6.50. The molecule has 0 spiro atoms. The number of unbranched alkanes of at least 4 members (excludes halogenated alkanes) is 29. The van der Waals surface area contributed by atoms with Gasteiger partial charge in [-0.15, -0.1) is 0 Å². The van der Waals surface area contributed by atoms with Gasteiger partial charge in [0.15, 0.2) is 6.10 Å². The highest BCUT2D eigenvalue weighted by atomic mass is 16.6. The Morgan fingerprint density at radius 2 is 0.574 bits per heavy atom. The van der Waals surface area contributed by atoms with Crippen LogP contribution < -0.4 is 0 Å². The van der Waals surface area contributed by atoms with Crippen molar-refractivity contribution in [3.05, 3.63) is 72.9 Å². The van der Waals surface area contributed by atoms with Crippen LogP contribution in [0.1, 0.15) is 284 Å². The topological polar surface area (TPSA) is 78.9 Å². The van der Waals surface area contributed by atoms with Gasteiger partial charge in [-0.3, -0.25) is 14.4 Å². The highest BCUT2D eigenvalue weighted by Gasteiger charge is 2.19. The molecule has 0 heterocycles. The van der Waals surface area contributed by atoms with Crippen molar-refractivity contribution in [3.8, 4) is 0 Å². The molecule has 0 aromatic heterocycles. The Labute approximate surface area is 421 Å². The van der Waals surface area contributed by atoms with Gasteiger partial charge in [0, 0.05) is 19.3 Å². The molecule has 68 heavy (non-hydrogen) atoms. The summed E-state index contributed by atoms with van der Waals surface area (Å²) in [5, 5.41) is 0. The molecule has 0 amide bonds. The smallest absolute Gasteiger partial charge is 0.306 e. The maximum Gasteiger partial charge on any atom is 0.306 e. The average molecular weight is 950 g/mol. The fourth-order valence-corrected chi connectivity index (χ4v) is 8.11. The zero-order valence-electron chi connectivity index (χ0n) is 44.9. The van der Waals surface area contributed by atoms with Gasteiger partial charge in [-0.2, -0.15) is 0 Å². The second kappa shape index (κ2) is 56.4. The van der Waals surface area contributed by atoms with Crippen LogP contribution in [-0.2, 0) is 28.6 Å². The van der Waals surface area contributed by atoms with Gasteiger partial charge in [0.1, 0.15) is 13.2 Å². The summed E-state index contributed by atoms with van der Waals surface area (Å²) in [4.78, 5) is 38.1. The van der Waals surface area contributed by atoms with Crippen molar-refractivity contribution in [2.45, 2.75) is 290 Å². The standard InChI is InChI=1S/C62H108O6/c1-4-7-10-13-16-19-22-24-26-28-30-31-33-34-36-38-40-43-46-49-52-55-61(64)67-58-59(57-66-60(63)54-51-48-45-42-21-18-15-12-9-6-3)68-62(65)56-53-50-47-44-41-39-37-35-32-29-27-25-23-20-17-14-11-8-5-2/h8,11,17,20,25,27-28,30,32,35,39,41,59H,4-7,9-10,12-16,18-19,21-24,26,29,31,33-34,36-38,40,42-58H2,1-3H3/b11-8-,20-17-,27-25-,30-28-,35-32-,41-39-. The SMILES string of the molecule is CC/C=C\C/C=C\C/C=C\C/C=C\C/C=C\CCCCCC(=O)OC(COC(=O)CCCCCCCCCCCC)COC(=O)CCCCCCCCCCC/C=C\CCCCCCCCCC. The molecule has 0 saturated heterocycles. The second-order valence-corrected chi connectivity index (χ2v) is 19.2. The van der Waals surface area contributed by atoms with Crippen molar-refractivity contribution in [1.82, 2.24) is 0 Å². The molecule has 0 aromatic rings. The van der Waals surface area contributed by atoms with E-state index in [0.717, 1.165) is 96.3 Å². The summed E-state index contributed by atoms with van der Waals surface area (Å²) >= 11 is 0. The largest absolute Gasteiger partial charge is 0.462 e. The lowest BCUT2D eigenvalue weighted by molar-refractivity contribution is -0.167. The molecule has 0 aliphatic rings. The third-order valence-electron chi connectivity index (χ3n) is 12.4. The van der Waals surface area contributed by atoms with Crippen LogP contribution in [-0.4, -0.2) is 37.2 Å². The first-order valence-electron chi connectivity index (χ1n) is 28.9. The van der Waals surface area contributed by atoms with Crippen LogP contribution in [0.4, 0.5) is 0 Å². The number of hydrogen-bond acceptors (Lipinski definition) is 6. The molecule has 0 N–H and O–H groups in total. The first kappa shape index (κ1) is 64.8. The van der Waals surface area contributed by atoms with Crippen LogP contribution >= 0.6 is 0 Å². The number of rotatable bonds is 52. The molecule has 0 saturated carbocycles. The third-order valence-corrected chi connectivity index (χ3v) is 12.4. The summed E-state index contributed by atoms with van der Waals surface area (Å²) in [6.07, 6.45) is 71.8. The van der Waals surface area contributed by atoms with Gasteiger partial charge in [0.25, 0.3) is 0 Å². The van der Waals surface area contributed by atoms with Gasteiger partial charge >= 0.3 is 17.9 Å². The normalized spacial score (nSPS) is 12.6. The Morgan fingerprint density at radius 3 is 0.926 bits per heavy atom. The quantitative estimate of drug-likeness (QED) is 0.0262. The van der Waals surface area contributed by atoms with Crippen molar-refractivity contribution in [2.24, 2.45) is 0 Å². The zero-order chi connectivity index (χ0) is 49.3. The Kier molecular flexibility index (Phi) is 53.8. The van der Waals surface area contributed by atoms with Crippen molar-refractivity contribution in [3.63, 3.8) is 0 Å². The van der Waals surface area contributed by atoms with E-state index in [4.69, 9.17) is 14.2 Å². The fraction of sp³-hybridized carbons (Fsp3) is 0.758. The van der Waals surface area contributed by atoms with Crippen molar-refractivity contribution in [2.75, 3.05) is 13.2 Å². The Morgan fingerprint density at radius 1 is 0.309 bits per heavy atom. The van der Waals surface area contributed by atoms with E-state index in [2.05, 4.69) is 93.7 Å². The van der Waals surface area contributed by atoms with Gasteiger partial charge < -0.3 is 14.2 Å². The molecule has 392 valence electrons. The molecular formula is C62H108O6. The molecule has 0 aliphatic heterocycles. The number of carbonyl (C=O) groups is 3. The van der Waals surface area contributed by atoms with Crippen molar-refractivity contribution < 1.29 is 28.6 Å². The fourth-order valence-electron chi connectivity index (χ4n) is 8.11. The maximum absolute atomic E-state index is 12.8. The predicted molar refractivity (Wildman–Crippen MR) is 293 cm³/mol. The lowest BCUT2D eigenvalue weighted by Crippen LogP contribution is -2.30. The monoisotopic (exact) mass is 949 g/mol. The van der Waals surface area contributed by atoms with Gasteiger partial charge in [-0.1, -0.05) is 248 Å². The minimum Gasteiger partial charge on any atom is -0.462 e. The Balaban J connectivity index is 4.35. The molecule has 0 rings (SSSR count). The minimum absolute atomic E-state index is 0.0876. The van der Waals surface area contributed by atoms with Crippen LogP contribution in [0.5, 0.6) is 0 Å². The van der Waals surface area contributed by atoms with Crippen molar-refractivity contribution >= 4 is 17.9 Å². The predicted octanol–water partition coefficient (Wildman–Crippen LogP) is 19.4. The average Bonchev–Trinajstić information content (AvgIpc) is 3.34. The van der Waals surface area contributed by atoms with Gasteiger partial charge in [-0.25, -0.2) is 0 Å². The number of ether oxygens (including phenoxy) is 3. The lowest BCUT2D eigenvalue weighted by Gasteiger charge is -2.18. The van der Waals surface area contributed by atoms with E-state index in [1.54, 1.807) is 0 Å². The summed E-state index contributed by atoms with van der Waals surface area (Å²) in [5.41, 5.74) is 0. The summed E-state index contributed by atoms with van der Waals surface area (Å²) in [5.74, 6) is -0.916. The first-order valence-corrected chi connectivity index (χ1v) is 28.9. The van der Waals surface area contributed by atoms with Crippen molar-refractivity contribution in [1.29, 1.82) is 0 Å². The first-order chi connectivity index (χ1) is 33.5. The van der Waals surface area contributed by atoms with E-state index in [1.807, 2.05) is 0 Å². The van der Waals surface area contributed by atoms with Crippen LogP contribution in [0.25, 0.3) is 0 Å². The minimum atomic E-state index is -0.792. The highest BCUT2D eigenvalue weighted by molar-refractivity contribution is 5.71. The molecule has 0 aliphatic carbocycles. The number of allylic oxidation sites excluding steroid dienone is 12. The lowest BCUT2D eigenvalue weighted by atomic mass is 10.1. The van der Waals surface area contributed by atoms with E-state index in [1.165, 1.54) is 148 Å². The van der Waals surface area contributed by atoms with Crippen LogP contribution in [0.15, 0.2) is 72.9 Å². The van der Waals surface area contributed by atoms with Crippen LogP contribution in [0.2, 0.25) is 0 Å². The van der Waals surface area contributed by atoms with Gasteiger partial charge in [0.2, 0.25) is 0 Å². The zero-order valence-corrected chi connectivity index (χ0v) is 44.9. The van der Waals surface area contributed by atoms with E-state index in [0.29, 0.717) is 19.3 Å². The molecule has 6 nitrogen and oxygen atoms in total. The van der Waals surface area contributed by atoms with Crippen LogP contribution in [0.3, 0.4) is 0 Å². The maximum atomic E-state index is 12.8. The summed E-state index contributed by atoms with van der Waals surface area (Å²) < 4.78 is 16.8. The molecule has 6 heteroatoms. The van der Waals surface area contributed by atoms with Gasteiger partial charge in [0.05, 0.1) is 0 Å². The number of hydrogen-bond donors (Lipinski definition) is 0. The molecule has 0 aromatic carbocycles. The second-order valence-electron chi connectivity index (χ2n) is 19.2. The molecule has 1 unspecified atom stereocenters. The van der Waals surface area contributed by atoms with E-state index < -0.39 is 6.10 Å². The van der Waals surface area contributed by atoms with Crippen LogP contribution in [0, 0.1) is 0 Å². The number of esters is 3. The Hall–Kier alpha value is -3.15. The molecule has 1 atom stereocenters. The van der Waals surface area contributed by atoms with Gasteiger partial charge in [-0.05, 0) is 89.9 Å². The highest BCUT2D eigenvalue weighted by Crippen LogP contribution is 2.15. The van der Waals surface area contributed by atoms with E-state index >= 15 is 0 Å². The van der Waals surface area contributed by atoms with E-state index in [-0.39, 0.29) is 31.1 Å². The molecular weight excluding hydrogens is 841 g/mol. The molecule has 0 fully saturated rings. The Bertz CT molecular complexity index is 1270. The summed E-state index contributed by atoms with van der Waals surface area (Å²) in [7, 11) is 0. The molecule has 0 radical (unpaired) electrons. The summed E-state index contributed by atoms with van der Waals surface area (Å²) in [6, 6.07) is 0.